The van der Waals surface area contributed by atoms with E-state index in [-0.39, 0.29) is 11.4 Å². The van der Waals surface area contributed by atoms with E-state index in [9.17, 15) is 4.79 Å². The molecule has 0 bridgehead atoms. The van der Waals surface area contributed by atoms with Gasteiger partial charge in [0.15, 0.2) is 5.65 Å². The fourth-order valence-corrected chi connectivity index (χ4v) is 3.96. The predicted octanol–water partition coefficient (Wildman–Crippen LogP) is 2.85. The molecule has 0 atom stereocenters. The highest BCUT2D eigenvalue weighted by atomic mass is 32.1. The van der Waals surface area contributed by atoms with E-state index in [0.717, 1.165) is 16.8 Å². The number of hydrogen-bond donors (Lipinski definition) is 2. The van der Waals surface area contributed by atoms with Gasteiger partial charge in [-0.25, -0.2) is 15.0 Å². The van der Waals surface area contributed by atoms with Crippen LogP contribution in [0.5, 0.6) is 5.75 Å². The lowest BCUT2D eigenvalue weighted by Crippen LogP contribution is -2.14. The van der Waals surface area contributed by atoms with Crippen LogP contribution in [0.4, 0.5) is 5.82 Å². The molecule has 4 N–H and O–H groups in total. The second-order valence-corrected chi connectivity index (χ2v) is 7.18. The molecule has 142 valence electrons. The summed E-state index contributed by atoms with van der Waals surface area (Å²) in [6, 6.07) is 3.81. The van der Waals surface area contributed by atoms with Crippen molar-refractivity contribution in [2.24, 2.45) is 5.73 Å². The van der Waals surface area contributed by atoms with Crippen molar-refractivity contribution in [1.29, 1.82) is 0 Å². The zero-order valence-corrected chi connectivity index (χ0v) is 16.4. The van der Waals surface area contributed by atoms with Crippen LogP contribution in [-0.4, -0.2) is 32.5 Å². The zero-order chi connectivity index (χ0) is 20.0. The molecular weight excluding hydrogens is 376 g/mol. The number of aromatic nitrogens is 4. The second kappa shape index (κ2) is 6.61. The minimum atomic E-state index is -0.662. The normalized spacial score (nSPS) is 11.1. The summed E-state index contributed by atoms with van der Waals surface area (Å²) in [4.78, 5) is 25.6. The summed E-state index contributed by atoms with van der Waals surface area (Å²) in [6.07, 6.45) is 3.30. The summed E-state index contributed by atoms with van der Waals surface area (Å²) >= 11 is 1.43. The Morgan fingerprint density at radius 1 is 1.25 bits per heavy atom. The van der Waals surface area contributed by atoms with Crippen LogP contribution in [0, 0.1) is 13.8 Å². The topological polar surface area (TPSA) is 122 Å². The largest absolute Gasteiger partial charge is 0.496 e. The van der Waals surface area contributed by atoms with Crippen LogP contribution in [0.3, 0.4) is 0 Å². The molecule has 0 saturated heterocycles. The Labute approximate surface area is 164 Å². The molecule has 0 aliphatic rings. The Kier molecular flexibility index (Phi) is 4.23. The van der Waals surface area contributed by atoms with Gasteiger partial charge in [-0.05, 0) is 25.5 Å². The van der Waals surface area contributed by atoms with Crippen LogP contribution in [0.1, 0.15) is 21.5 Å². The number of methoxy groups -OCH3 is 1. The maximum absolute atomic E-state index is 12.2. The van der Waals surface area contributed by atoms with E-state index in [1.807, 2.05) is 31.4 Å². The molecular formula is C19H18N6O2S. The number of carbonyl (C=O) groups excluding carboxylic acids is 1. The van der Waals surface area contributed by atoms with E-state index in [0.29, 0.717) is 27.6 Å². The number of aryl methyl sites for hydroxylation is 1. The number of carbonyl (C=O) groups is 1. The molecule has 3 aromatic heterocycles. The summed E-state index contributed by atoms with van der Waals surface area (Å²) < 4.78 is 7.16. The van der Waals surface area contributed by atoms with Crippen molar-refractivity contribution in [3.05, 3.63) is 46.6 Å². The lowest BCUT2D eigenvalue weighted by atomic mass is 10.1. The number of anilines is 1. The Morgan fingerprint density at radius 3 is 2.68 bits per heavy atom. The fourth-order valence-electron chi connectivity index (χ4n) is 3.37. The third-order valence-electron chi connectivity index (χ3n) is 4.62. The molecule has 4 aromatic rings. The first-order chi connectivity index (χ1) is 13.4. The molecule has 0 saturated carbocycles. The van der Waals surface area contributed by atoms with Gasteiger partial charge in [-0.15, -0.1) is 11.3 Å². The van der Waals surface area contributed by atoms with Gasteiger partial charge in [-0.1, -0.05) is 6.07 Å². The number of primary amides is 1. The Hall–Kier alpha value is -3.46. The minimum Gasteiger partial charge on any atom is -0.496 e. The highest BCUT2D eigenvalue weighted by Crippen LogP contribution is 2.36. The Balaban J connectivity index is 2.09. The van der Waals surface area contributed by atoms with E-state index in [1.165, 1.54) is 11.3 Å². The molecule has 3 heterocycles. The van der Waals surface area contributed by atoms with Crippen molar-refractivity contribution in [2.75, 3.05) is 12.8 Å². The van der Waals surface area contributed by atoms with E-state index in [4.69, 9.17) is 16.2 Å². The minimum absolute atomic E-state index is 0.141. The first-order valence-corrected chi connectivity index (χ1v) is 9.33. The number of ether oxygens (including phenoxy) is 1. The molecule has 0 aliphatic carbocycles. The van der Waals surface area contributed by atoms with Gasteiger partial charge in [-0.3, -0.25) is 9.36 Å². The smallest absolute Gasteiger partial charge is 0.254 e. The zero-order valence-electron chi connectivity index (χ0n) is 15.6. The van der Waals surface area contributed by atoms with Crippen molar-refractivity contribution in [1.82, 2.24) is 19.5 Å². The molecule has 8 nitrogen and oxygen atoms in total. The van der Waals surface area contributed by atoms with Crippen LogP contribution in [-0.2, 0) is 0 Å². The highest BCUT2D eigenvalue weighted by Gasteiger charge is 2.25. The lowest BCUT2D eigenvalue weighted by molar-refractivity contribution is 0.100. The molecule has 0 fully saturated rings. The van der Waals surface area contributed by atoms with Gasteiger partial charge in [0.1, 0.15) is 33.3 Å². The lowest BCUT2D eigenvalue weighted by Gasteiger charge is -2.16. The molecule has 0 spiro atoms. The summed E-state index contributed by atoms with van der Waals surface area (Å²) in [5, 5.41) is 2.54. The highest BCUT2D eigenvalue weighted by molar-refractivity contribution is 7.13. The van der Waals surface area contributed by atoms with Crippen molar-refractivity contribution >= 4 is 34.2 Å². The number of nitrogens with zero attached hydrogens (tertiary/aromatic N) is 4. The van der Waals surface area contributed by atoms with Crippen molar-refractivity contribution in [3.8, 4) is 22.1 Å². The van der Waals surface area contributed by atoms with Crippen LogP contribution >= 0.6 is 11.3 Å². The molecule has 4 rings (SSSR count). The van der Waals surface area contributed by atoms with Gasteiger partial charge in [0.2, 0.25) is 0 Å². The average molecular weight is 394 g/mol. The third-order valence-corrected chi connectivity index (χ3v) is 5.42. The maximum atomic E-state index is 12.2. The van der Waals surface area contributed by atoms with Gasteiger partial charge in [0.05, 0.1) is 19.0 Å². The van der Waals surface area contributed by atoms with Gasteiger partial charge >= 0.3 is 0 Å². The molecule has 9 heteroatoms. The van der Waals surface area contributed by atoms with Crippen molar-refractivity contribution in [2.45, 2.75) is 13.8 Å². The Bertz CT molecular complexity index is 1210. The first kappa shape index (κ1) is 17.9. The number of benzene rings is 1. The van der Waals surface area contributed by atoms with Crippen LogP contribution in [0.25, 0.3) is 27.6 Å². The molecule has 1 aromatic carbocycles. The van der Waals surface area contributed by atoms with E-state index >= 15 is 0 Å². The third kappa shape index (κ3) is 2.59. The van der Waals surface area contributed by atoms with E-state index < -0.39 is 5.91 Å². The number of amides is 1. The van der Waals surface area contributed by atoms with Gasteiger partial charge in [-0.2, -0.15) is 0 Å². The maximum Gasteiger partial charge on any atom is 0.254 e. The number of thiazole rings is 1. The van der Waals surface area contributed by atoms with Crippen LogP contribution in [0.2, 0.25) is 0 Å². The fraction of sp³-hybridized carbons (Fsp3) is 0.158. The SMILES string of the molecule is COc1ccc(C)c(-n2c(N)c(C(N)=O)c3nc(-c4nccs4)cnc32)c1C. The average Bonchev–Trinajstić information content (AvgIpc) is 3.28. The monoisotopic (exact) mass is 394 g/mol. The second-order valence-electron chi connectivity index (χ2n) is 6.28. The van der Waals surface area contributed by atoms with E-state index in [1.54, 1.807) is 24.1 Å². The van der Waals surface area contributed by atoms with Gasteiger partial charge < -0.3 is 16.2 Å². The number of rotatable bonds is 4. The van der Waals surface area contributed by atoms with Crippen LogP contribution in [0.15, 0.2) is 29.9 Å². The Morgan fingerprint density at radius 2 is 2.04 bits per heavy atom. The molecule has 1 amide bonds. The van der Waals surface area contributed by atoms with Crippen molar-refractivity contribution in [3.63, 3.8) is 0 Å². The predicted molar refractivity (Wildman–Crippen MR) is 109 cm³/mol. The number of nitrogen functional groups attached to an aromatic ring is 1. The quantitative estimate of drug-likeness (QED) is 0.549. The summed E-state index contributed by atoms with van der Waals surface area (Å²) in [5.74, 6) is 0.234. The van der Waals surface area contributed by atoms with Gasteiger partial charge in [0, 0.05) is 17.1 Å². The number of nitrogens with two attached hydrogens (primary N) is 2. The number of hydrogen-bond acceptors (Lipinski definition) is 7. The van der Waals surface area contributed by atoms with Gasteiger partial charge in [0.25, 0.3) is 5.91 Å². The first-order valence-electron chi connectivity index (χ1n) is 8.45. The summed E-state index contributed by atoms with van der Waals surface area (Å²) in [5.41, 5.74) is 16.1. The molecule has 0 aliphatic heterocycles. The van der Waals surface area contributed by atoms with Crippen molar-refractivity contribution < 1.29 is 9.53 Å². The molecule has 28 heavy (non-hydrogen) atoms. The standard InChI is InChI=1S/C19H18N6O2S/c1-9-4-5-12(27-3)10(2)15(9)25-16(20)13(17(21)26)14-18(25)23-8-11(24-14)19-22-6-7-28-19/h4-8H,20H2,1-3H3,(H2,21,26). The van der Waals surface area contributed by atoms with E-state index in [2.05, 4.69) is 15.0 Å². The summed E-state index contributed by atoms with van der Waals surface area (Å²) in [6.45, 7) is 3.88. The molecule has 0 unspecified atom stereocenters. The summed E-state index contributed by atoms with van der Waals surface area (Å²) in [7, 11) is 1.60. The molecule has 0 radical (unpaired) electrons. The van der Waals surface area contributed by atoms with Crippen LogP contribution < -0.4 is 16.2 Å². The number of fused-ring (bicyclic) bond motifs is 1.